The molecule has 0 amide bonds. The molecule has 0 saturated carbocycles. The minimum Gasteiger partial charge on any atom is -0.493 e. The number of hydrogen-bond donors (Lipinski definition) is 1. The van der Waals surface area contributed by atoms with Crippen molar-refractivity contribution in [3.8, 4) is 23.0 Å². The molecule has 1 atom stereocenters. The van der Waals surface area contributed by atoms with Crippen LogP contribution in [0.5, 0.6) is 23.0 Å². The summed E-state index contributed by atoms with van der Waals surface area (Å²) in [5.41, 5.74) is 0.837. The molecule has 20 heavy (non-hydrogen) atoms. The van der Waals surface area contributed by atoms with Gasteiger partial charge >= 0.3 is 0 Å². The van der Waals surface area contributed by atoms with E-state index in [-0.39, 0.29) is 0 Å². The number of aliphatic hydroxyl groups excluding tert-OH is 1. The van der Waals surface area contributed by atoms with Gasteiger partial charge in [-0.2, -0.15) is 0 Å². The predicted molar refractivity (Wildman–Crippen MR) is 76.7 cm³/mol. The Bertz CT molecular complexity index is 539. The first kappa shape index (κ1) is 14.2. The summed E-state index contributed by atoms with van der Waals surface area (Å²) in [6, 6.07) is 12.7. The number of hydrogen-bond acceptors (Lipinski definition) is 4. The van der Waals surface area contributed by atoms with Gasteiger partial charge in [0.05, 0.1) is 20.3 Å². The second-order valence-electron chi connectivity index (χ2n) is 4.34. The van der Waals surface area contributed by atoms with E-state index < -0.39 is 6.10 Å². The van der Waals surface area contributed by atoms with Crippen molar-refractivity contribution in [1.82, 2.24) is 0 Å². The van der Waals surface area contributed by atoms with E-state index in [1.807, 2.05) is 30.3 Å². The fraction of sp³-hybridized carbons (Fsp3) is 0.250. The van der Waals surface area contributed by atoms with Gasteiger partial charge in [0.15, 0.2) is 11.5 Å². The highest BCUT2D eigenvalue weighted by Gasteiger charge is 2.12. The lowest BCUT2D eigenvalue weighted by atomic mass is 10.1. The van der Waals surface area contributed by atoms with Crippen LogP contribution in [0.25, 0.3) is 0 Å². The van der Waals surface area contributed by atoms with E-state index in [0.717, 1.165) is 5.56 Å². The van der Waals surface area contributed by atoms with Gasteiger partial charge in [0.1, 0.15) is 5.75 Å². The Morgan fingerprint density at radius 1 is 0.900 bits per heavy atom. The van der Waals surface area contributed by atoms with Crippen molar-refractivity contribution in [3.05, 3.63) is 48.0 Å². The zero-order valence-electron chi connectivity index (χ0n) is 11.8. The molecule has 2 rings (SSSR count). The Balaban J connectivity index is 2.29. The maximum atomic E-state index is 9.49. The smallest absolute Gasteiger partial charge is 0.210 e. The third kappa shape index (κ3) is 3.03. The van der Waals surface area contributed by atoms with Crippen LogP contribution >= 0.6 is 0 Å². The van der Waals surface area contributed by atoms with Gasteiger partial charge in [-0.3, -0.25) is 0 Å². The molecule has 0 unspecified atom stereocenters. The number of rotatable bonds is 5. The number of para-hydroxylation sites is 1. The average molecular weight is 274 g/mol. The zero-order chi connectivity index (χ0) is 14.5. The topological polar surface area (TPSA) is 47.9 Å². The molecule has 4 nitrogen and oxygen atoms in total. The van der Waals surface area contributed by atoms with Crippen LogP contribution in [0.15, 0.2) is 42.5 Å². The van der Waals surface area contributed by atoms with Crippen LogP contribution < -0.4 is 14.2 Å². The molecule has 0 aromatic heterocycles. The van der Waals surface area contributed by atoms with E-state index in [9.17, 15) is 5.11 Å². The average Bonchev–Trinajstić information content (AvgIpc) is 2.48. The van der Waals surface area contributed by atoms with Crippen LogP contribution in [0.4, 0.5) is 0 Å². The van der Waals surface area contributed by atoms with Crippen molar-refractivity contribution in [2.45, 2.75) is 13.0 Å². The monoisotopic (exact) mass is 274 g/mol. The standard InChI is InChI=1S/C16H18O4/c1-11(17)12-7-9-13(10-8-12)20-16-14(18-2)5-4-6-15(16)19-3/h4-11,17H,1-3H3/t11-/m1/s1. The maximum absolute atomic E-state index is 9.49. The van der Waals surface area contributed by atoms with Gasteiger partial charge in [0.2, 0.25) is 5.75 Å². The van der Waals surface area contributed by atoms with Crippen LogP contribution in [0.1, 0.15) is 18.6 Å². The minimum atomic E-state index is -0.496. The van der Waals surface area contributed by atoms with Gasteiger partial charge < -0.3 is 19.3 Å². The second kappa shape index (κ2) is 6.30. The third-order valence-electron chi connectivity index (χ3n) is 2.97. The molecular formula is C16H18O4. The summed E-state index contributed by atoms with van der Waals surface area (Å²) in [5, 5.41) is 9.49. The lowest BCUT2D eigenvalue weighted by Crippen LogP contribution is -1.95. The highest BCUT2D eigenvalue weighted by molar-refractivity contribution is 5.53. The lowest BCUT2D eigenvalue weighted by molar-refractivity contribution is 0.199. The quantitative estimate of drug-likeness (QED) is 0.905. The summed E-state index contributed by atoms with van der Waals surface area (Å²) >= 11 is 0. The third-order valence-corrected chi connectivity index (χ3v) is 2.97. The van der Waals surface area contributed by atoms with Gasteiger partial charge in [0, 0.05) is 0 Å². The van der Waals surface area contributed by atoms with Gasteiger partial charge in [-0.1, -0.05) is 18.2 Å². The Kier molecular flexibility index (Phi) is 4.48. The van der Waals surface area contributed by atoms with Crippen molar-refractivity contribution in [2.75, 3.05) is 14.2 Å². The molecule has 0 aliphatic rings. The molecule has 106 valence electrons. The Morgan fingerprint density at radius 3 is 1.90 bits per heavy atom. The van der Waals surface area contributed by atoms with Crippen molar-refractivity contribution < 1.29 is 19.3 Å². The van der Waals surface area contributed by atoms with E-state index in [2.05, 4.69) is 0 Å². The molecule has 2 aromatic carbocycles. The number of aliphatic hydroxyl groups is 1. The summed E-state index contributed by atoms with van der Waals surface area (Å²) in [7, 11) is 3.16. The summed E-state index contributed by atoms with van der Waals surface area (Å²) in [5.74, 6) is 2.38. The molecule has 0 fully saturated rings. The molecular weight excluding hydrogens is 256 g/mol. The second-order valence-corrected chi connectivity index (χ2v) is 4.34. The largest absolute Gasteiger partial charge is 0.493 e. The van der Waals surface area contributed by atoms with E-state index in [1.165, 1.54) is 0 Å². The molecule has 4 heteroatoms. The first-order valence-electron chi connectivity index (χ1n) is 6.32. The molecule has 0 bridgehead atoms. The van der Waals surface area contributed by atoms with Gasteiger partial charge in [-0.25, -0.2) is 0 Å². The lowest BCUT2D eigenvalue weighted by Gasteiger charge is -2.14. The molecule has 0 aliphatic heterocycles. The Hall–Kier alpha value is -2.20. The van der Waals surface area contributed by atoms with Crippen LogP contribution in [0.2, 0.25) is 0 Å². The van der Waals surface area contributed by atoms with Crippen molar-refractivity contribution in [2.24, 2.45) is 0 Å². The molecule has 1 N–H and O–H groups in total. The minimum absolute atomic E-state index is 0.496. The number of benzene rings is 2. The van der Waals surface area contributed by atoms with Crippen LogP contribution in [-0.2, 0) is 0 Å². The highest BCUT2D eigenvalue weighted by Crippen LogP contribution is 2.39. The number of ether oxygens (including phenoxy) is 3. The molecule has 0 spiro atoms. The van der Waals surface area contributed by atoms with Gasteiger partial charge in [0.25, 0.3) is 0 Å². The van der Waals surface area contributed by atoms with Crippen LogP contribution in [0, 0.1) is 0 Å². The van der Waals surface area contributed by atoms with Crippen molar-refractivity contribution >= 4 is 0 Å². The van der Waals surface area contributed by atoms with Crippen LogP contribution in [0.3, 0.4) is 0 Å². The Labute approximate surface area is 118 Å². The molecule has 0 radical (unpaired) electrons. The zero-order valence-corrected chi connectivity index (χ0v) is 11.8. The summed E-state index contributed by atoms with van der Waals surface area (Å²) in [4.78, 5) is 0. The fourth-order valence-corrected chi connectivity index (χ4v) is 1.85. The van der Waals surface area contributed by atoms with E-state index in [0.29, 0.717) is 23.0 Å². The normalized spacial score (nSPS) is 11.8. The SMILES string of the molecule is COc1cccc(OC)c1Oc1ccc([C@@H](C)O)cc1. The van der Waals surface area contributed by atoms with Crippen molar-refractivity contribution in [3.63, 3.8) is 0 Å². The van der Waals surface area contributed by atoms with Gasteiger partial charge in [-0.05, 0) is 36.8 Å². The summed E-state index contributed by atoms with van der Waals surface area (Å²) in [6.45, 7) is 1.72. The molecule has 0 aliphatic carbocycles. The first-order chi connectivity index (χ1) is 9.65. The van der Waals surface area contributed by atoms with Crippen LogP contribution in [-0.4, -0.2) is 19.3 Å². The summed E-state index contributed by atoms with van der Waals surface area (Å²) in [6.07, 6.45) is -0.496. The predicted octanol–water partition coefficient (Wildman–Crippen LogP) is 3.55. The highest BCUT2D eigenvalue weighted by atomic mass is 16.5. The van der Waals surface area contributed by atoms with Crippen molar-refractivity contribution in [1.29, 1.82) is 0 Å². The van der Waals surface area contributed by atoms with E-state index in [4.69, 9.17) is 14.2 Å². The molecule has 2 aromatic rings. The molecule has 0 saturated heterocycles. The maximum Gasteiger partial charge on any atom is 0.210 e. The van der Waals surface area contributed by atoms with E-state index in [1.54, 1.807) is 33.3 Å². The summed E-state index contributed by atoms with van der Waals surface area (Å²) < 4.78 is 16.4. The number of methoxy groups -OCH3 is 2. The fourth-order valence-electron chi connectivity index (χ4n) is 1.85. The first-order valence-corrected chi connectivity index (χ1v) is 6.32. The molecule has 0 heterocycles. The Morgan fingerprint density at radius 2 is 1.45 bits per heavy atom. The van der Waals surface area contributed by atoms with E-state index >= 15 is 0 Å². The van der Waals surface area contributed by atoms with Gasteiger partial charge in [-0.15, -0.1) is 0 Å².